The van der Waals surface area contributed by atoms with E-state index in [4.69, 9.17) is 44.0 Å². The first kappa shape index (κ1) is 23.0. The van der Waals surface area contributed by atoms with Crippen molar-refractivity contribution >= 4 is 46.6 Å². The molecule has 0 spiro atoms. The molecule has 6 nitrogen and oxygen atoms in total. The molecule has 0 bridgehead atoms. The van der Waals surface area contributed by atoms with Crippen LogP contribution in [-0.4, -0.2) is 30.4 Å². The molecule has 31 heavy (non-hydrogen) atoms. The lowest BCUT2D eigenvalue weighted by Gasteiger charge is -2.22. The van der Waals surface area contributed by atoms with Crippen LogP contribution in [0, 0.1) is 0 Å². The summed E-state index contributed by atoms with van der Waals surface area (Å²) in [6.45, 7) is 0.294. The van der Waals surface area contributed by atoms with E-state index in [0.717, 1.165) is 5.56 Å². The normalized spacial score (nSPS) is 10.6. The number of rotatable bonds is 8. The third-order valence-corrected chi connectivity index (χ3v) is 5.44. The maximum absolute atomic E-state index is 12.9. The Labute approximate surface area is 194 Å². The van der Waals surface area contributed by atoms with Gasteiger partial charge < -0.3 is 19.4 Å². The minimum atomic E-state index is -0.283. The topological polar surface area (TPSA) is 71.8 Å². The van der Waals surface area contributed by atoms with E-state index in [1.807, 2.05) is 0 Å². The summed E-state index contributed by atoms with van der Waals surface area (Å²) in [5, 5.41) is 3.40. The van der Waals surface area contributed by atoms with Crippen molar-refractivity contribution in [2.24, 2.45) is 0 Å². The van der Waals surface area contributed by atoms with Gasteiger partial charge in [-0.1, -0.05) is 46.9 Å². The van der Waals surface area contributed by atoms with Crippen molar-refractivity contribution < 1.29 is 18.7 Å². The van der Waals surface area contributed by atoms with E-state index in [1.54, 1.807) is 54.6 Å². The highest BCUT2D eigenvalue weighted by molar-refractivity contribution is 6.43. The molecule has 1 N–H and O–H groups in total. The molecular weight excluding hydrogens is 463 g/mol. The molecule has 0 fully saturated rings. The quantitative estimate of drug-likeness (QED) is 0.449. The average Bonchev–Trinajstić information content (AvgIpc) is 3.28. The van der Waals surface area contributed by atoms with E-state index in [9.17, 15) is 9.59 Å². The Morgan fingerprint density at radius 3 is 2.35 bits per heavy atom. The van der Waals surface area contributed by atoms with Crippen LogP contribution in [0.25, 0.3) is 0 Å². The molecule has 2 aromatic carbocycles. The van der Waals surface area contributed by atoms with Gasteiger partial charge >= 0.3 is 0 Å². The first-order valence-corrected chi connectivity index (χ1v) is 10.4. The lowest BCUT2D eigenvalue weighted by atomic mass is 10.1. The number of hydrogen-bond donors (Lipinski definition) is 1. The van der Waals surface area contributed by atoms with Gasteiger partial charge in [-0.2, -0.15) is 0 Å². The van der Waals surface area contributed by atoms with Crippen LogP contribution < -0.4 is 10.1 Å². The van der Waals surface area contributed by atoms with Gasteiger partial charge in [0.25, 0.3) is 11.8 Å². The molecule has 0 radical (unpaired) electrons. The van der Waals surface area contributed by atoms with Gasteiger partial charge in [0.2, 0.25) is 0 Å². The van der Waals surface area contributed by atoms with Crippen LogP contribution >= 0.6 is 34.8 Å². The summed E-state index contributed by atoms with van der Waals surface area (Å²) in [6, 6.07) is 13.5. The summed E-state index contributed by atoms with van der Waals surface area (Å²) < 4.78 is 11.0. The lowest BCUT2D eigenvalue weighted by Crippen LogP contribution is -2.34. The molecule has 0 saturated carbocycles. The van der Waals surface area contributed by atoms with Crippen LogP contribution in [0.2, 0.25) is 15.1 Å². The summed E-state index contributed by atoms with van der Waals surface area (Å²) in [5.74, 6) is 0.427. The van der Waals surface area contributed by atoms with Crippen molar-refractivity contribution in [2.45, 2.75) is 13.1 Å². The van der Waals surface area contributed by atoms with Crippen LogP contribution in [0.4, 0.5) is 0 Å². The third kappa shape index (κ3) is 6.17. The zero-order valence-electron chi connectivity index (χ0n) is 16.5. The first-order valence-electron chi connectivity index (χ1n) is 9.26. The molecule has 0 atom stereocenters. The second-order valence-corrected chi connectivity index (χ2v) is 7.81. The molecule has 3 aromatic rings. The SMILES string of the molecule is CNC(=O)c1ccc(CN(Cc2ccco2)C(=O)COc2cc(Cl)c(Cl)cc2Cl)cc1. The first-order chi connectivity index (χ1) is 14.9. The van der Waals surface area contributed by atoms with Gasteiger partial charge in [-0.3, -0.25) is 9.59 Å². The Kier molecular flexibility index (Phi) is 7.85. The summed E-state index contributed by atoms with van der Waals surface area (Å²) in [4.78, 5) is 26.2. The second-order valence-electron chi connectivity index (χ2n) is 6.59. The fourth-order valence-corrected chi connectivity index (χ4v) is 3.39. The number of benzene rings is 2. The average molecular weight is 482 g/mol. The van der Waals surface area contributed by atoms with Crippen molar-refractivity contribution in [3.05, 3.63) is 86.7 Å². The number of halogens is 3. The van der Waals surface area contributed by atoms with E-state index in [-0.39, 0.29) is 40.8 Å². The number of nitrogens with one attached hydrogen (secondary N) is 1. The summed E-state index contributed by atoms with van der Waals surface area (Å²) in [7, 11) is 1.57. The van der Waals surface area contributed by atoms with Gasteiger partial charge in [0.1, 0.15) is 11.5 Å². The second kappa shape index (κ2) is 10.6. The molecule has 1 aromatic heterocycles. The van der Waals surface area contributed by atoms with Gasteiger partial charge in [0.15, 0.2) is 6.61 Å². The maximum atomic E-state index is 12.9. The van der Waals surface area contributed by atoms with Gasteiger partial charge in [0, 0.05) is 25.2 Å². The maximum Gasteiger partial charge on any atom is 0.261 e. The van der Waals surface area contributed by atoms with Crippen molar-refractivity contribution in [2.75, 3.05) is 13.7 Å². The Morgan fingerprint density at radius 1 is 1.00 bits per heavy atom. The standard InChI is InChI=1S/C22H19Cl3N2O4/c1-26-22(29)15-6-4-14(5-7-15)11-27(12-16-3-2-8-30-16)21(28)13-31-20-10-18(24)17(23)9-19(20)25/h2-10H,11-13H2,1H3,(H,26,29). The van der Waals surface area contributed by atoms with E-state index >= 15 is 0 Å². The Bertz CT molecular complexity index is 1050. The van der Waals surface area contributed by atoms with Crippen LogP contribution in [-0.2, 0) is 17.9 Å². The zero-order chi connectivity index (χ0) is 22.4. The molecule has 0 aliphatic carbocycles. The van der Waals surface area contributed by atoms with Crippen molar-refractivity contribution in [1.82, 2.24) is 10.2 Å². The van der Waals surface area contributed by atoms with Crippen LogP contribution in [0.15, 0.2) is 59.2 Å². The molecule has 3 rings (SSSR count). The van der Waals surface area contributed by atoms with Gasteiger partial charge in [0.05, 0.1) is 27.9 Å². The largest absolute Gasteiger partial charge is 0.482 e. The van der Waals surface area contributed by atoms with Crippen molar-refractivity contribution in [3.8, 4) is 5.75 Å². The molecule has 2 amide bonds. The lowest BCUT2D eigenvalue weighted by molar-refractivity contribution is -0.134. The number of amides is 2. The minimum Gasteiger partial charge on any atom is -0.482 e. The Morgan fingerprint density at radius 2 is 1.71 bits per heavy atom. The van der Waals surface area contributed by atoms with Crippen molar-refractivity contribution in [3.63, 3.8) is 0 Å². The van der Waals surface area contributed by atoms with Crippen LogP contribution in [0.1, 0.15) is 21.7 Å². The summed E-state index contributed by atoms with van der Waals surface area (Å²) in [5.41, 5.74) is 1.38. The summed E-state index contributed by atoms with van der Waals surface area (Å²) in [6.07, 6.45) is 1.54. The van der Waals surface area contributed by atoms with Crippen LogP contribution in [0.5, 0.6) is 5.75 Å². The smallest absolute Gasteiger partial charge is 0.261 e. The molecule has 0 aliphatic heterocycles. The van der Waals surface area contributed by atoms with Gasteiger partial charge in [-0.25, -0.2) is 0 Å². The van der Waals surface area contributed by atoms with E-state index < -0.39 is 0 Å². The number of carbonyl (C=O) groups excluding carboxylic acids is 2. The predicted molar refractivity (Wildman–Crippen MR) is 120 cm³/mol. The van der Waals surface area contributed by atoms with Crippen molar-refractivity contribution in [1.29, 1.82) is 0 Å². The summed E-state index contributed by atoms with van der Waals surface area (Å²) >= 11 is 18.1. The molecular formula is C22H19Cl3N2O4. The number of nitrogens with zero attached hydrogens (tertiary/aromatic N) is 1. The highest BCUT2D eigenvalue weighted by atomic mass is 35.5. The number of carbonyl (C=O) groups is 2. The molecule has 0 unspecified atom stereocenters. The Balaban J connectivity index is 1.73. The zero-order valence-corrected chi connectivity index (χ0v) is 18.8. The molecule has 162 valence electrons. The fourth-order valence-electron chi connectivity index (χ4n) is 2.79. The van der Waals surface area contributed by atoms with E-state index in [0.29, 0.717) is 22.9 Å². The fraction of sp³-hybridized carbons (Fsp3) is 0.182. The predicted octanol–water partition coefficient (Wildman–Crippen LogP) is 5.21. The molecule has 1 heterocycles. The van der Waals surface area contributed by atoms with E-state index in [1.165, 1.54) is 12.1 Å². The van der Waals surface area contributed by atoms with Gasteiger partial charge in [-0.15, -0.1) is 0 Å². The third-order valence-electron chi connectivity index (χ3n) is 4.42. The number of hydrogen-bond acceptors (Lipinski definition) is 4. The van der Waals surface area contributed by atoms with Gasteiger partial charge in [-0.05, 0) is 35.9 Å². The minimum absolute atomic E-state index is 0.179. The molecule has 0 saturated heterocycles. The number of ether oxygens (including phenoxy) is 1. The number of furan rings is 1. The molecule has 0 aliphatic rings. The highest BCUT2D eigenvalue weighted by Gasteiger charge is 2.18. The van der Waals surface area contributed by atoms with Crippen LogP contribution in [0.3, 0.4) is 0 Å². The van der Waals surface area contributed by atoms with E-state index in [2.05, 4.69) is 5.32 Å². The molecule has 9 heteroatoms. The Hall–Kier alpha value is -2.67. The monoisotopic (exact) mass is 480 g/mol. The highest BCUT2D eigenvalue weighted by Crippen LogP contribution is 2.33.